The van der Waals surface area contributed by atoms with Crippen LogP contribution in [0.15, 0.2) is 12.0 Å². The highest BCUT2D eigenvalue weighted by atomic mass is 16.5. The van der Waals surface area contributed by atoms with Crippen molar-refractivity contribution in [3.63, 3.8) is 0 Å². The lowest BCUT2D eigenvalue weighted by Crippen LogP contribution is -2.24. The lowest BCUT2D eigenvalue weighted by Gasteiger charge is -1.97. The van der Waals surface area contributed by atoms with Gasteiger partial charge in [0.05, 0.1) is 19.8 Å². The van der Waals surface area contributed by atoms with Crippen LogP contribution in [0.4, 0.5) is 0 Å². The van der Waals surface area contributed by atoms with Crippen molar-refractivity contribution in [3.8, 4) is 0 Å². The monoisotopic (exact) mass is 113 g/mol. The van der Waals surface area contributed by atoms with Gasteiger partial charge in [-0.3, -0.25) is 5.32 Å². The van der Waals surface area contributed by atoms with E-state index in [1.165, 1.54) is 0 Å². The molecule has 0 radical (unpaired) electrons. The van der Waals surface area contributed by atoms with Crippen LogP contribution in [0.3, 0.4) is 0 Å². The molecule has 2 heterocycles. The van der Waals surface area contributed by atoms with Gasteiger partial charge in [-0.2, -0.15) is 0 Å². The van der Waals surface area contributed by atoms with Gasteiger partial charge >= 0.3 is 0 Å². The third-order valence-corrected chi connectivity index (χ3v) is 1.37. The summed E-state index contributed by atoms with van der Waals surface area (Å²) in [6.07, 6.45) is 1.67. The lowest BCUT2D eigenvalue weighted by molar-refractivity contribution is 0.259. The zero-order valence-corrected chi connectivity index (χ0v) is 4.35. The summed E-state index contributed by atoms with van der Waals surface area (Å²) in [7, 11) is 0. The van der Waals surface area contributed by atoms with Crippen LogP contribution in [0.2, 0.25) is 0 Å². The van der Waals surface area contributed by atoms with Crippen LogP contribution in [0, 0.1) is 0 Å². The first-order chi connectivity index (χ1) is 4.36. The second-order valence-electron chi connectivity index (χ2n) is 1.91. The SMILES string of the molecule is [2H]C1NC2=COCC2N1. The molecule has 44 valence electrons. The molecule has 1 saturated heterocycles. The van der Waals surface area contributed by atoms with Crippen molar-refractivity contribution < 1.29 is 6.11 Å². The lowest BCUT2D eigenvalue weighted by atomic mass is 10.3. The Morgan fingerprint density at radius 1 is 2.00 bits per heavy atom. The largest absolute Gasteiger partial charge is 0.497 e. The van der Waals surface area contributed by atoms with E-state index in [1.807, 2.05) is 0 Å². The molecular weight excluding hydrogens is 104 g/mol. The molecule has 0 aliphatic carbocycles. The van der Waals surface area contributed by atoms with Crippen molar-refractivity contribution in [1.29, 1.82) is 0 Å². The quantitative estimate of drug-likeness (QED) is 0.439. The Balaban J connectivity index is 2.15. The molecule has 2 atom stereocenters. The average molecular weight is 113 g/mol. The molecule has 0 aromatic rings. The van der Waals surface area contributed by atoms with Crippen molar-refractivity contribution in [2.45, 2.75) is 6.04 Å². The first-order valence-corrected chi connectivity index (χ1v) is 2.63. The molecule has 0 aromatic carbocycles. The van der Waals surface area contributed by atoms with Gasteiger partial charge < -0.3 is 10.1 Å². The third kappa shape index (κ3) is 0.419. The van der Waals surface area contributed by atoms with Crippen LogP contribution < -0.4 is 10.6 Å². The van der Waals surface area contributed by atoms with E-state index < -0.39 is 0 Å². The van der Waals surface area contributed by atoms with E-state index in [2.05, 4.69) is 10.6 Å². The molecule has 0 spiro atoms. The van der Waals surface area contributed by atoms with E-state index in [1.54, 1.807) is 6.26 Å². The molecule has 3 nitrogen and oxygen atoms in total. The van der Waals surface area contributed by atoms with Crippen LogP contribution in [0.1, 0.15) is 1.37 Å². The van der Waals surface area contributed by atoms with E-state index in [0.29, 0.717) is 6.61 Å². The number of fused-ring (bicyclic) bond motifs is 1. The number of rotatable bonds is 0. The van der Waals surface area contributed by atoms with Gasteiger partial charge in [0.25, 0.3) is 0 Å². The summed E-state index contributed by atoms with van der Waals surface area (Å²) in [5.41, 5.74) is 1.01. The van der Waals surface area contributed by atoms with Crippen LogP contribution in [-0.4, -0.2) is 19.3 Å². The van der Waals surface area contributed by atoms with Crippen molar-refractivity contribution in [3.05, 3.63) is 12.0 Å². The maximum absolute atomic E-state index is 7.21. The molecule has 2 rings (SSSR count). The molecule has 2 N–H and O–H groups in total. The van der Waals surface area contributed by atoms with Crippen LogP contribution in [-0.2, 0) is 4.74 Å². The second kappa shape index (κ2) is 1.39. The highest BCUT2D eigenvalue weighted by Crippen LogP contribution is 2.10. The van der Waals surface area contributed by atoms with Gasteiger partial charge in [-0.25, -0.2) is 0 Å². The fraction of sp³-hybridized carbons (Fsp3) is 0.600. The minimum absolute atomic E-state index is 0.243. The first-order valence-electron chi connectivity index (χ1n) is 3.20. The predicted octanol–water partition coefficient (Wildman–Crippen LogP) is -0.623. The van der Waals surface area contributed by atoms with Gasteiger partial charge in [0.1, 0.15) is 12.9 Å². The van der Waals surface area contributed by atoms with Gasteiger partial charge in [-0.05, 0) is 0 Å². The standard InChI is InChI=1S/C5H8N2O/c1-4-5(2-8-1)7-3-6-4/h1,5-7H,2-3H2/i3D. The molecule has 2 unspecified atom stereocenters. The van der Waals surface area contributed by atoms with Crippen LogP contribution in [0.5, 0.6) is 0 Å². The zero-order chi connectivity index (χ0) is 6.27. The molecule has 0 saturated carbocycles. The molecule has 0 aromatic heterocycles. The molecule has 2 aliphatic heterocycles. The maximum Gasteiger partial charge on any atom is 0.108 e. The highest BCUT2D eigenvalue weighted by Gasteiger charge is 2.24. The molecule has 3 heteroatoms. The van der Waals surface area contributed by atoms with Gasteiger partial charge in [-0.15, -0.1) is 0 Å². The van der Waals surface area contributed by atoms with Crippen molar-refractivity contribution in [1.82, 2.24) is 10.6 Å². The molecular formula is C5H8N2O. The summed E-state index contributed by atoms with van der Waals surface area (Å²) in [5, 5.41) is 5.89. The molecule has 0 amide bonds. The Bertz CT molecular complexity index is 159. The Kier molecular flexibility index (Phi) is 0.580. The summed E-state index contributed by atoms with van der Waals surface area (Å²) in [6, 6.07) is 0.243. The Morgan fingerprint density at radius 3 is 3.88 bits per heavy atom. The fourth-order valence-corrected chi connectivity index (χ4v) is 0.904. The summed E-state index contributed by atoms with van der Waals surface area (Å²) in [6.45, 7) is 0.322. The Hall–Kier alpha value is -0.700. The van der Waals surface area contributed by atoms with Crippen molar-refractivity contribution >= 4 is 0 Å². The van der Waals surface area contributed by atoms with Gasteiger partial charge in [0.15, 0.2) is 0 Å². The topological polar surface area (TPSA) is 33.3 Å². The van der Waals surface area contributed by atoms with Gasteiger partial charge in [-0.1, -0.05) is 0 Å². The van der Waals surface area contributed by atoms with E-state index >= 15 is 0 Å². The summed E-state index contributed by atoms with van der Waals surface area (Å²) < 4.78 is 12.2. The highest BCUT2D eigenvalue weighted by molar-refractivity contribution is 5.13. The Morgan fingerprint density at radius 2 is 3.00 bits per heavy atom. The van der Waals surface area contributed by atoms with Crippen LogP contribution in [0.25, 0.3) is 0 Å². The smallest absolute Gasteiger partial charge is 0.108 e. The predicted molar refractivity (Wildman–Crippen MR) is 29.0 cm³/mol. The first kappa shape index (κ1) is 3.35. The summed E-state index contributed by atoms with van der Waals surface area (Å²) in [5.74, 6) is 0. The normalized spacial score (nSPS) is 44.0. The minimum atomic E-state index is -0.342. The number of hydrogen-bond acceptors (Lipinski definition) is 3. The molecule has 2 aliphatic rings. The van der Waals surface area contributed by atoms with E-state index in [-0.39, 0.29) is 12.7 Å². The van der Waals surface area contributed by atoms with Crippen LogP contribution >= 0.6 is 0 Å². The second-order valence-corrected chi connectivity index (χ2v) is 1.91. The van der Waals surface area contributed by atoms with Crippen molar-refractivity contribution in [2.24, 2.45) is 0 Å². The Labute approximate surface area is 49.1 Å². The fourth-order valence-electron chi connectivity index (χ4n) is 0.904. The number of nitrogens with one attached hydrogen (secondary N) is 2. The molecule has 0 bridgehead atoms. The van der Waals surface area contributed by atoms with E-state index in [4.69, 9.17) is 6.11 Å². The third-order valence-electron chi connectivity index (χ3n) is 1.37. The zero-order valence-electron chi connectivity index (χ0n) is 5.35. The van der Waals surface area contributed by atoms with Crippen molar-refractivity contribution in [2.75, 3.05) is 13.3 Å². The summed E-state index contributed by atoms with van der Waals surface area (Å²) in [4.78, 5) is 0. The number of ether oxygens (including phenoxy) is 1. The maximum atomic E-state index is 7.21. The van der Waals surface area contributed by atoms with E-state index in [0.717, 1.165) is 5.70 Å². The summed E-state index contributed by atoms with van der Waals surface area (Å²) >= 11 is 0. The van der Waals surface area contributed by atoms with Gasteiger partial charge in [0.2, 0.25) is 0 Å². The molecule has 1 fully saturated rings. The number of hydrogen-bond donors (Lipinski definition) is 2. The average Bonchev–Trinajstić information content (AvgIpc) is 2.22. The van der Waals surface area contributed by atoms with Gasteiger partial charge in [0, 0.05) is 0 Å². The molecule has 8 heavy (non-hydrogen) atoms. The van der Waals surface area contributed by atoms with E-state index in [9.17, 15) is 0 Å². The minimum Gasteiger partial charge on any atom is -0.497 e.